The Morgan fingerprint density at radius 1 is 1.20 bits per heavy atom. The third-order valence-electron chi connectivity index (χ3n) is 3.70. The number of rotatable bonds is 4. The standard InChI is InChI=1S/C16H21ClN2O/c1-5-6-19-15(14(17)9-18-19)16(20)13-8-11(3)10(2)7-12(13)4/h7-9,16,20H,5-6H2,1-4H3. The average Bonchev–Trinajstić information content (AvgIpc) is 2.75. The summed E-state index contributed by atoms with van der Waals surface area (Å²) in [5.74, 6) is 0. The fourth-order valence-electron chi connectivity index (χ4n) is 2.46. The van der Waals surface area contributed by atoms with Gasteiger partial charge in [0.25, 0.3) is 0 Å². The minimum absolute atomic E-state index is 0.517. The first kappa shape index (κ1) is 15.1. The van der Waals surface area contributed by atoms with Crippen LogP contribution in [0.25, 0.3) is 0 Å². The summed E-state index contributed by atoms with van der Waals surface area (Å²) in [6, 6.07) is 4.14. The largest absolute Gasteiger partial charge is 0.382 e. The van der Waals surface area contributed by atoms with Gasteiger partial charge in [0.1, 0.15) is 6.10 Å². The molecule has 4 heteroatoms. The highest BCUT2D eigenvalue weighted by Gasteiger charge is 2.21. The molecule has 0 aliphatic rings. The maximum absolute atomic E-state index is 10.7. The number of aromatic nitrogens is 2. The third-order valence-corrected chi connectivity index (χ3v) is 4.00. The molecule has 2 rings (SSSR count). The molecule has 0 bridgehead atoms. The number of aliphatic hydroxyl groups excluding tert-OH is 1. The average molecular weight is 293 g/mol. The van der Waals surface area contributed by atoms with Gasteiger partial charge >= 0.3 is 0 Å². The van der Waals surface area contributed by atoms with Crippen LogP contribution in [0.3, 0.4) is 0 Å². The molecule has 1 aromatic heterocycles. The fourth-order valence-corrected chi connectivity index (χ4v) is 2.70. The van der Waals surface area contributed by atoms with Crippen LogP contribution in [0.15, 0.2) is 18.3 Å². The molecule has 1 unspecified atom stereocenters. The van der Waals surface area contributed by atoms with Gasteiger partial charge < -0.3 is 5.11 Å². The van der Waals surface area contributed by atoms with Crippen molar-refractivity contribution in [2.45, 2.75) is 46.8 Å². The van der Waals surface area contributed by atoms with Crippen molar-refractivity contribution >= 4 is 11.6 Å². The van der Waals surface area contributed by atoms with E-state index in [1.165, 1.54) is 11.1 Å². The van der Waals surface area contributed by atoms with Gasteiger partial charge in [-0.15, -0.1) is 0 Å². The molecule has 0 amide bonds. The summed E-state index contributed by atoms with van der Waals surface area (Å²) in [5.41, 5.74) is 5.04. The molecule has 108 valence electrons. The van der Waals surface area contributed by atoms with Crippen molar-refractivity contribution < 1.29 is 5.11 Å². The SMILES string of the molecule is CCCn1ncc(Cl)c1C(O)c1cc(C)c(C)cc1C. The molecular formula is C16H21ClN2O. The van der Waals surface area contributed by atoms with Crippen molar-refractivity contribution in [2.24, 2.45) is 0 Å². The molecule has 0 spiro atoms. The van der Waals surface area contributed by atoms with Crippen LogP contribution >= 0.6 is 11.6 Å². The Hall–Kier alpha value is -1.32. The van der Waals surface area contributed by atoms with Crippen molar-refractivity contribution in [2.75, 3.05) is 0 Å². The predicted molar refractivity (Wildman–Crippen MR) is 82.2 cm³/mol. The molecule has 1 atom stereocenters. The van der Waals surface area contributed by atoms with Gasteiger partial charge in [0.2, 0.25) is 0 Å². The second kappa shape index (κ2) is 5.98. The van der Waals surface area contributed by atoms with Crippen LogP contribution in [0.2, 0.25) is 5.02 Å². The first-order valence-electron chi connectivity index (χ1n) is 6.92. The van der Waals surface area contributed by atoms with Gasteiger partial charge in [-0.3, -0.25) is 4.68 Å². The molecule has 0 saturated heterocycles. The first-order valence-corrected chi connectivity index (χ1v) is 7.30. The Balaban J connectivity index is 2.48. The molecule has 0 aliphatic carbocycles. The maximum atomic E-state index is 10.7. The molecule has 20 heavy (non-hydrogen) atoms. The van der Waals surface area contributed by atoms with Crippen LogP contribution in [-0.2, 0) is 6.54 Å². The Morgan fingerprint density at radius 3 is 2.50 bits per heavy atom. The summed E-state index contributed by atoms with van der Waals surface area (Å²) in [6.45, 7) is 8.97. The number of aliphatic hydroxyl groups is 1. The third kappa shape index (κ3) is 2.74. The van der Waals surface area contributed by atoms with E-state index >= 15 is 0 Å². The number of nitrogens with zero attached hydrogens (tertiary/aromatic N) is 2. The Kier molecular flexibility index (Phi) is 4.51. The molecule has 0 fully saturated rings. The minimum Gasteiger partial charge on any atom is -0.382 e. The van der Waals surface area contributed by atoms with E-state index in [4.69, 9.17) is 11.6 Å². The van der Waals surface area contributed by atoms with Gasteiger partial charge in [-0.1, -0.05) is 30.7 Å². The maximum Gasteiger partial charge on any atom is 0.122 e. The zero-order valence-corrected chi connectivity index (χ0v) is 13.2. The first-order chi connectivity index (χ1) is 9.45. The Labute approximate surface area is 125 Å². The molecule has 2 aromatic rings. The topological polar surface area (TPSA) is 38.0 Å². The van der Waals surface area contributed by atoms with E-state index in [-0.39, 0.29) is 0 Å². The number of benzene rings is 1. The van der Waals surface area contributed by atoms with Crippen LogP contribution < -0.4 is 0 Å². The molecule has 0 radical (unpaired) electrons. The van der Waals surface area contributed by atoms with E-state index < -0.39 is 6.10 Å². The van der Waals surface area contributed by atoms with Crippen LogP contribution in [0.4, 0.5) is 0 Å². The van der Waals surface area contributed by atoms with Crippen molar-refractivity contribution in [3.05, 3.63) is 51.3 Å². The van der Waals surface area contributed by atoms with Crippen molar-refractivity contribution in [1.29, 1.82) is 0 Å². The molecular weight excluding hydrogens is 272 g/mol. The number of hydrogen-bond acceptors (Lipinski definition) is 2. The second-order valence-corrected chi connectivity index (χ2v) is 5.70. The van der Waals surface area contributed by atoms with Crippen LogP contribution in [-0.4, -0.2) is 14.9 Å². The predicted octanol–water partition coefficient (Wildman–Crippen LogP) is 3.95. The summed E-state index contributed by atoms with van der Waals surface area (Å²) in [7, 11) is 0. The molecule has 1 N–H and O–H groups in total. The van der Waals surface area contributed by atoms with Gasteiger partial charge in [-0.2, -0.15) is 5.10 Å². The van der Waals surface area contributed by atoms with Gasteiger partial charge in [-0.05, 0) is 49.4 Å². The molecule has 0 saturated carbocycles. The van der Waals surface area contributed by atoms with Gasteiger partial charge in [0.15, 0.2) is 0 Å². The lowest BCUT2D eigenvalue weighted by molar-refractivity contribution is 0.206. The van der Waals surface area contributed by atoms with E-state index in [1.54, 1.807) is 10.9 Å². The molecule has 3 nitrogen and oxygen atoms in total. The zero-order chi connectivity index (χ0) is 14.9. The lowest BCUT2D eigenvalue weighted by atomic mass is 9.96. The summed E-state index contributed by atoms with van der Waals surface area (Å²) in [5, 5.41) is 15.5. The monoisotopic (exact) mass is 292 g/mol. The fraction of sp³-hybridized carbons (Fsp3) is 0.438. The van der Waals surface area contributed by atoms with Crippen molar-refractivity contribution in [1.82, 2.24) is 9.78 Å². The quantitative estimate of drug-likeness (QED) is 0.926. The number of aryl methyl sites for hydroxylation is 4. The summed E-state index contributed by atoms with van der Waals surface area (Å²) >= 11 is 6.21. The Bertz CT molecular complexity index is 619. The molecule has 1 aromatic carbocycles. The van der Waals surface area contributed by atoms with Crippen LogP contribution in [0, 0.1) is 20.8 Å². The van der Waals surface area contributed by atoms with E-state index in [2.05, 4.69) is 31.9 Å². The van der Waals surface area contributed by atoms with Gasteiger partial charge in [-0.25, -0.2) is 0 Å². The van der Waals surface area contributed by atoms with Crippen LogP contribution in [0.1, 0.15) is 47.4 Å². The highest BCUT2D eigenvalue weighted by Crippen LogP contribution is 2.31. The zero-order valence-electron chi connectivity index (χ0n) is 12.4. The summed E-state index contributed by atoms with van der Waals surface area (Å²) in [6.07, 6.45) is 1.81. The second-order valence-electron chi connectivity index (χ2n) is 5.30. The lowest BCUT2D eigenvalue weighted by Crippen LogP contribution is -2.12. The van der Waals surface area contributed by atoms with E-state index in [0.717, 1.165) is 24.1 Å². The normalized spacial score (nSPS) is 12.7. The smallest absolute Gasteiger partial charge is 0.122 e. The Morgan fingerprint density at radius 2 is 1.85 bits per heavy atom. The van der Waals surface area contributed by atoms with Gasteiger partial charge in [0, 0.05) is 6.54 Å². The van der Waals surface area contributed by atoms with Crippen molar-refractivity contribution in [3.63, 3.8) is 0 Å². The summed E-state index contributed by atoms with van der Waals surface area (Å²) in [4.78, 5) is 0. The molecule has 0 aliphatic heterocycles. The lowest BCUT2D eigenvalue weighted by Gasteiger charge is -2.18. The summed E-state index contributed by atoms with van der Waals surface area (Å²) < 4.78 is 1.79. The van der Waals surface area contributed by atoms with Crippen molar-refractivity contribution in [3.8, 4) is 0 Å². The molecule has 1 heterocycles. The van der Waals surface area contributed by atoms with E-state index in [1.807, 2.05) is 13.0 Å². The number of hydrogen-bond donors (Lipinski definition) is 1. The number of halogens is 1. The van der Waals surface area contributed by atoms with Crippen LogP contribution in [0.5, 0.6) is 0 Å². The highest BCUT2D eigenvalue weighted by atomic mass is 35.5. The highest BCUT2D eigenvalue weighted by molar-refractivity contribution is 6.31. The van der Waals surface area contributed by atoms with Gasteiger partial charge in [0.05, 0.1) is 16.9 Å². The van der Waals surface area contributed by atoms with E-state index in [9.17, 15) is 5.11 Å². The van der Waals surface area contributed by atoms with E-state index in [0.29, 0.717) is 10.7 Å². The minimum atomic E-state index is -0.740.